The van der Waals surface area contributed by atoms with Gasteiger partial charge in [0.1, 0.15) is 0 Å². The van der Waals surface area contributed by atoms with Gasteiger partial charge in [-0.3, -0.25) is 0 Å². The second kappa shape index (κ2) is 10.4. The van der Waals surface area contributed by atoms with Gasteiger partial charge in [0.05, 0.1) is 6.04 Å². The maximum atomic E-state index is 2.46. The molecule has 0 radical (unpaired) electrons. The lowest BCUT2D eigenvalue weighted by Crippen LogP contribution is -2.38. The number of rotatable bonds is 6. The van der Waals surface area contributed by atoms with E-state index in [0.717, 1.165) is 12.1 Å². The summed E-state index contributed by atoms with van der Waals surface area (Å²) in [7, 11) is 0. The fourth-order valence-corrected chi connectivity index (χ4v) is 5.42. The molecule has 5 aromatic rings. The molecule has 0 amide bonds. The molecule has 2 nitrogen and oxygen atoms in total. The average Bonchev–Trinajstić information content (AvgIpc) is 2.95. The average molecular weight is 493 g/mol. The number of aryl methyl sites for hydroxylation is 2. The third kappa shape index (κ3) is 4.86. The molecule has 1 aliphatic carbocycles. The van der Waals surface area contributed by atoms with Crippen molar-refractivity contribution in [2.24, 2.45) is 0 Å². The Bertz CT molecular complexity index is 1670. The quantitative estimate of drug-likeness (QED) is 0.237. The van der Waals surface area contributed by atoms with Crippen LogP contribution in [0.1, 0.15) is 17.5 Å². The van der Waals surface area contributed by atoms with Crippen LogP contribution in [0.3, 0.4) is 0 Å². The highest BCUT2D eigenvalue weighted by atomic mass is 15.2. The van der Waals surface area contributed by atoms with E-state index in [1.807, 2.05) is 0 Å². The van der Waals surface area contributed by atoms with Gasteiger partial charge in [-0.05, 0) is 102 Å². The van der Waals surface area contributed by atoms with Gasteiger partial charge in [0.25, 0.3) is 0 Å². The van der Waals surface area contributed by atoms with E-state index < -0.39 is 0 Å². The summed E-state index contributed by atoms with van der Waals surface area (Å²) in [5.74, 6) is 0. The van der Waals surface area contributed by atoms with Gasteiger partial charge in [0, 0.05) is 28.4 Å². The molecule has 0 fully saturated rings. The molecular weight excluding hydrogens is 460 g/mol. The molecule has 0 aromatic heterocycles. The number of anilines is 5. The van der Waals surface area contributed by atoms with E-state index in [9.17, 15) is 0 Å². The summed E-state index contributed by atoms with van der Waals surface area (Å²) in [4.78, 5) is 4.81. The zero-order valence-electron chi connectivity index (χ0n) is 22.0. The normalized spacial score (nSPS) is 14.1. The van der Waals surface area contributed by atoms with Crippen LogP contribution in [0.2, 0.25) is 0 Å². The van der Waals surface area contributed by atoms with Crippen LogP contribution in [-0.2, 0) is 0 Å². The first kappa shape index (κ1) is 23.8. The highest BCUT2D eigenvalue weighted by Crippen LogP contribution is 2.34. The van der Waals surface area contributed by atoms with E-state index in [2.05, 4.69) is 163 Å². The fourth-order valence-electron chi connectivity index (χ4n) is 5.42. The second-order valence-corrected chi connectivity index (χ2v) is 10.0. The molecule has 38 heavy (non-hydrogen) atoms. The standard InChI is InChI=1S/C36H32N2/c1-27-11-9-17-33(23-27)37(31-13-5-3-6-14-31)35-21-19-30-26-36(22-20-29(30)25-35)38(32-15-7-4-8-16-32)34-18-10-12-28(2)24-34/h3-21,23-26,36H,22H2,1-2H3. The van der Waals surface area contributed by atoms with Gasteiger partial charge in [0.15, 0.2) is 0 Å². The highest BCUT2D eigenvalue weighted by Gasteiger charge is 2.20. The van der Waals surface area contributed by atoms with Gasteiger partial charge < -0.3 is 9.80 Å². The molecule has 0 saturated heterocycles. The van der Waals surface area contributed by atoms with Crippen molar-refractivity contribution in [3.05, 3.63) is 149 Å². The van der Waals surface area contributed by atoms with Gasteiger partial charge in [-0.2, -0.15) is 0 Å². The molecule has 0 spiro atoms. The first-order chi connectivity index (χ1) is 18.7. The van der Waals surface area contributed by atoms with E-state index in [0.29, 0.717) is 0 Å². The molecule has 2 heteroatoms. The van der Waals surface area contributed by atoms with Gasteiger partial charge >= 0.3 is 0 Å². The van der Waals surface area contributed by atoms with Crippen LogP contribution >= 0.6 is 0 Å². The Labute approximate surface area is 225 Å². The van der Waals surface area contributed by atoms with E-state index in [1.165, 1.54) is 44.3 Å². The van der Waals surface area contributed by atoms with Crippen LogP contribution in [0.25, 0.3) is 12.2 Å². The van der Waals surface area contributed by atoms with Crippen molar-refractivity contribution in [2.45, 2.75) is 26.3 Å². The zero-order valence-corrected chi connectivity index (χ0v) is 22.0. The fraction of sp³-hybridized carbons (Fsp3) is 0.111. The molecule has 1 atom stereocenters. The first-order valence-corrected chi connectivity index (χ1v) is 13.3. The minimum absolute atomic E-state index is 0.236. The minimum atomic E-state index is 0.236. The van der Waals surface area contributed by atoms with Crippen LogP contribution in [0.15, 0.2) is 127 Å². The van der Waals surface area contributed by atoms with Crippen molar-refractivity contribution < 1.29 is 0 Å². The molecule has 1 aliphatic rings. The minimum Gasteiger partial charge on any atom is -0.334 e. The van der Waals surface area contributed by atoms with Crippen LogP contribution < -0.4 is 20.2 Å². The predicted molar refractivity (Wildman–Crippen MR) is 162 cm³/mol. The Kier molecular flexibility index (Phi) is 6.54. The summed E-state index contributed by atoms with van der Waals surface area (Å²) < 4.78 is 0. The van der Waals surface area contributed by atoms with Crippen molar-refractivity contribution in [1.29, 1.82) is 0 Å². The summed E-state index contributed by atoms with van der Waals surface area (Å²) >= 11 is 0. The smallest absolute Gasteiger partial charge is 0.0566 e. The van der Waals surface area contributed by atoms with Crippen molar-refractivity contribution in [1.82, 2.24) is 0 Å². The maximum absolute atomic E-state index is 2.46. The third-order valence-electron chi connectivity index (χ3n) is 7.20. The van der Waals surface area contributed by atoms with E-state index >= 15 is 0 Å². The molecule has 0 aliphatic heterocycles. The van der Waals surface area contributed by atoms with Crippen LogP contribution in [0, 0.1) is 13.8 Å². The number of fused-ring (bicyclic) bond motifs is 1. The maximum Gasteiger partial charge on any atom is 0.0566 e. The number of hydrogen-bond acceptors (Lipinski definition) is 2. The molecule has 0 bridgehead atoms. The summed E-state index contributed by atoms with van der Waals surface area (Å²) in [5, 5.41) is 2.56. The largest absolute Gasteiger partial charge is 0.334 e. The summed E-state index contributed by atoms with van der Waals surface area (Å²) in [5.41, 5.74) is 8.45. The first-order valence-electron chi connectivity index (χ1n) is 13.3. The summed E-state index contributed by atoms with van der Waals surface area (Å²) in [6, 6.07) is 46.0. The van der Waals surface area contributed by atoms with Crippen molar-refractivity contribution in [3.8, 4) is 0 Å². The lowest BCUT2D eigenvalue weighted by atomic mass is 9.99. The Morgan fingerprint density at radius 2 is 1.08 bits per heavy atom. The van der Waals surface area contributed by atoms with E-state index in [4.69, 9.17) is 0 Å². The lowest BCUT2D eigenvalue weighted by molar-refractivity contribution is 0.836. The van der Waals surface area contributed by atoms with E-state index in [1.54, 1.807) is 0 Å². The monoisotopic (exact) mass is 492 g/mol. The molecule has 6 rings (SSSR count). The van der Waals surface area contributed by atoms with Crippen LogP contribution in [0.4, 0.5) is 28.4 Å². The molecule has 0 N–H and O–H groups in total. The zero-order chi connectivity index (χ0) is 25.9. The van der Waals surface area contributed by atoms with Crippen molar-refractivity contribution >= 4 is 40.6 Å². The lowest BCUT2D eigenvalue weighted by Gasteiger charge is -2.33. The number of benzene rings is 5. The molecule has 5 aromatic carbocycles. The van der Waals surface area contributed by atoms with Gasteiger partial charge in [-0.25, -0.2) is 0 Å². The molecule has 0 saturated carbocycles. The highest BCUT2D eigenvalue weighted by molar-refractivity contribution is 5.77. The van der Waals surface area contributed by atoms with Gasteiger partial charge in [0.2, 0.25) is 0 Å². The van der Waals surface area contributed by atoms with Gasteiger partial charge in [-0.1, -0.05) is 78.9 Å². The topological polar surface area (TPSA) is 6.48 Å². The molecule has 1 unspecified atom stereocenters. The number of nitrogens with zero attached hydrogens (tertiary/aromatic N) is 2. The Balaban J connectivity index is 1.42. The van der Waals surface area contributed by atoms with Gasteiger partial charge in [-0.15, -0.1) is 0 Å². The van der Waals surface area contributed by atoms with Crippen LogP contribution in [-0.4, -0.2) is 6.04 Å². The van der Waals surface area contributed by atoms with Crippen LogP contribution in [0.5, 0.6) is 0 Å². The van der Waals surface area contributed by atoms with Crippen molar-refractivity contribution in [3.63, 3.8) is 0 Å². The molecular formula is C36H32N2. The number of para-hydroxylation sites is 2. The summed E-state index contributed by atoms with van der Waals surface area (Å²) in [6.45, 7) is 4.31. The Hall–Kier alpha value is -4.56. The Morgan fingerprint density at radius 3 is 1.76 bits per heavy atom. The number of hydrogen-bond donors (Lipinski definition) is 0. The molecule has 186 valence electrons. The van der Waals surface area contributed by atoms with E-state index in [-0.39, 0.29) is 6.04 Å². The van der Waals surface area contributed by atoms with Crippen molar-refractivity contribution in [2.75, 3.05) is 9.80 Å². The third-order valence-corrected chi connectivity index (χ3v) is 7.20. The SMILES string of the molecule is Cc1cccc(N(c2ccccc2)c2ccc3c(c2)=CCC(N(c2ccccc2)c2cccc(C)c2)C=3)c1. The Morgan fingerprint density at radius 1 is 0.500 bits per heavy atom. The second-order valence-electron chi connectivity index (χ2n) is 10.0. The predicted octanol–water partition coefficient (Wildman–Crippen LogP) is 7.94. The molecule has 0 heterocycles. The summed E-state index contributed by atoms with van der Waals surface area (Å²) in [6.07, 6.45) is 5.76.